The van der Waals surface area contributed by atoms with Crippen molar-refractivity contribution in [2.45, 2.75) is 57.3 Å². The van der Waals surface area contributed by atoms with Crippen LogP contribution in [-0.4, -0.2) is 73.6 Å². The Morgan fingerprint density at radius 1 is 1.43 bits per heavy atom. The van der Waals surface area contributed by atoms with E-state index in [4.69, 9.17) is 9.47 Å². The monoisotopic (exact) mass is 326 g/mol. The number of likely N-dealkylation sites (tertiary alicyclic amines) is 1. The SMILES string of the molecule is CCOC1CC(O)C12CCN(C(=O)CNCC1CCCO1)CC2. The van der Waals surface area contributed by atoms with Gasteiger partial charge in [0.05, 0.1) is 24.9 Å². The molecule has 2 saturated heterocycles. The molecule has 1 aliphatic carbocycles. The third kappa shape index (κ3) is 3.55. The standard InChI is InChI=1S/C17H30N2O4/c1-2-22-15-10-14(20)17(15)5-7-19(8-6-17)16(21)12-18-11-13-4-3-9-23-13/h13-15,18,20H,2-12H2,1H3. The lowest BCUT2D eigenvalue weighted by molar-refractivity contribution is -0.209. The first kappa shape index (κ1) is 17.1. The Hall–Kier alpha value is -0.690. The molecule has 2 N–H and O–H groups in total. The molecule has 0 aromatic carbocycles. The zero-order chi connectivity index (χ0) is 16.3. The minimum atomic E-state index is -0.269. The molecule has 1 amide bonds. The zero-order valence-corrected chi connectivity index (χ0v) is 14.1. The van der Waals surface area contributed by atoms with Gasteiger partial charge >= 0.3 is 0 Å². The molecule has 3 rings (SSSR count). The van der Waals surface area contributed by atoms with Crippen LogP contribution in [0.3, 0.4) is 0 Å². The van der Waals surface area contributed by atoms with Crippen molar-refractivity contribution in [2.75, 3.05) is 39.4 Å². The fourth-order valence-corrected chi connectivity index (χ4v) is 4.25. The van der Waals surface area contributed by atoms with Crippen molar-refractivity contribution < 1.29 is 19.4 Å². The molecule has 0 radical (unpaired) electrons. The van der Waals surface area contributed by atoms with E-state index in [9.17, 15) is 9.90 Å². The second-order valence-electron chi connectivity index (χ2n) is 7.08. The number of aliphatic hydroxyl groups is 1. The molecule has 3 atom stereocenters. The Morgan fingerprint density at radius 3 is 2.83 bits per heavy atom. The van der Waals surface area contributed by atoms with Crippen LogP contribution < -0.4 is 5.32 Å². The molecule has 0 bridgehead atoms. The predicted octanol–water partition coefficient (Wildman–Crippen LogP) is 0.534. The lowest BCUT2D eigenvalue weighted by Crippen LogP contribution is -2.63. The van der Waals surface area contributed by atoms with Gasteiger partial charge in [0.15, 0.2) is 0 Å². The molecule has 1 spiro atoms. The van der Waals surface area contributed by atoms with E-state index in [1.165, 1.54) is 0 Å². The maximum absolute atomic E-state index is 12.3. The molecule has 2 heterocycles. The molecule has 132 valence electrons. The van der Waals surface area contributed by atoms with Crippen LogP contribution in [0.15, 0.2) is 0 Å². The van der Waals surface area contributed by atoms with Crippen molar-refractivity contribution in [1.82, 2.24) is 10.2 Å². The number of carbonyl (C=O) groups excluding carboxylic acids is 1. The van der Waals surface area contributed by atoms with Crippen LogP contribution in [0.1, 0.15) is 39.0 Å². The Labute approximate surface area is 138 Å². The molecule has 1 saturated carbocycles. The van der Waals surface area contributed by atoms with E-state index < -0.39 is 0 Å². The molecule has 6 nitrogen and oxygen atoms in total. The fraction of sp³-hybridized carbons (Fsp3) is 0.941. The number of ether oxygens (including phenoxy) is 2. The number of nitrogens with zero attached hydrogens (tertiary/aromatic N) is 1. The highest BCUT2D eigenvalue weighted by molar-refractivity contribution is 5.78. The van der Waals surface area contributed by atoms with Crippen molar-refractivity contribution in [3.8, 4) is 0 Å². The van der Waals surface area contributed by atoms with Crippen LogP contribution in [0.2, 0.25) is 0 Å². The van der Waals surface area contributed by atoms with E-state index in [0.29, 0.717) is 13.2 Å². The van der Waals surface area contributed by atoms with Crippen LogP contribution in [0.5, 0.6) is 0 Å². The van der Waals surface area contributed by atoms with E-state index in [2.05, 4.69) is 5.32 Å². The van der Waals surface area contributed by atoms with Gasteiger partial charge in [0, 0.05) is 44.7 Å². The van der Waals surface area contributed by atoms with E-state index in [1.54, 1.807) is 0 Å². The second kappa shape index (κ2) is 7.47. The summed E-state index contributed by atoms with van der Waals surface area (Å²) < 4.78 is 11.3. The molecule has 6 heteroatoms. The highest BCUT2D eigenvalue weighted by Gasteiger charge is 2.56. The first-order chi connectivity index (χ1) is 11.2. The third-order valence-corrected chi connectivity index (χ3v) is 5.83. The van der Waals surface area contributed by atoms with Gasteiger partial charge in [-0.3, -0.25) is 4.79 Å². The number of nitrogens with one attached hydrogen (secondary N) is 1. The summed E-state index contributed by atoms with van der Waals surface area (Å²) in [4.78, 5) is 14.2. The van der Waals surface area contributed by atoms with Gasteiger partial charge in [-0.25, -0.2) is 0 Å². The van der Waals surface area contributed by atoms with Gasteiger partial charge in [-0.15, -0.1) is 0 Å². The number of rotatable bonds is 6. The average Bonchev–Trinajstić information content (AvgIpc) is 3.08. The normalized spacial score (nSPS) is 33.0. The van der Waals surface area contributed by atoms with Gasteiger partial charge in [0.1, 0.15) is 0 Å². The van der Waals surface area contributed by atoms with E-state index >= 15 is 0 Å². The molecule has 3 fully saturated rings. The van der Waals surface area contributed by atoms with Crippen LogP contribution in [-0.2, 0) is 14.3 Å². The number of carbonyl (C=O) groups is 1. The van der Waals surface area contributed by atoms with Crippen molar-refractivity contribution in [2.24, 2.45) is 5.41 Å². The summed E-state index contributed by atoms with van der Waals surface area (Å²) in [5, 5.41) is 13.4. The van der Waals surface area contributed by atoms with Crippen molar-refractivity contribution in [3.63, 3.8) is 0 Å². The Kier molecular flexibility index (Phi) is 5.57. The molecule has 0 aromatic heterocycles. The average molecular weight is 326 g/mol. The van der Waals surface area contributed by atoms with E-state index in [-0.39, 0.29) is 29.6 Å². The first-order valence-corrected chi connectivity index (χ1v) is 9.05. The molecule has 0 aromatic rings. The van der Waals surface area contributed by atoms with Crippen LogP contribution in [0.25, 0.3) is 0 Å². The largest absolute Gasteiger partial charge is 0.392 e. The summed E-state index contributed by atoms with van der Waals surface area (Å²) in [5.41, 5.74) is -0.113. The summed E-state index contributed by atoms with van der Waals surface area (Å²) in [5.74, 6) is 0.152. The molecule has 3 unspecified atom stereocenters. The molecule has 2 aliphatic heterocycles. The number of piperidine rings is 1. The zero-order valence-electron chi connectivity index (χ0n) is 14.1. The van der Waals surface area contributed by atoms with Gasteiger partial charge in [0.2, 0.25) is 5.91 Å². The summed E-state index contributed by atoms with van der Waals surface area (Å²) in [7, 11) is 0. The Morgan fingerprint density at radius 2 is 2.22 bits per heavy atom. The van der Waals surface area contributed by atoms with Gasteiger partial charge in [0.25, 0.3) is 0 Å². The van der Waals surface area contributed by atoms with Gasteiger partial charge in [-0.05, 0) is 32.6 Å². The topological polar surface area (TPSA) is 71.0 Å². The number of aliphatic hydroxyl groups excluding tert-OH is 1. The molecular formula is C17H30N2O4. The molecule has 3 aliphatic rings. The van der Waals surface area contributed by atoms with Crippen molar-refractivity contribution in [3.05, 3.63) is 0 Å². The number of hydrogen-bond donors (Lipinski definition) is 2. The highest BCUT2D eigenvalue weighted by Crippen LogP contribution is 2.50. The smallest absolute Gasteiger partial charge is 0.236 e. The van der Waals surface area contributed by atoms with E-state index in [1.807, 2.05) is 11.8 Å². The minimum Gasteiger partial charge on any atom is -0.392 e. The van der Waals surface area contributed by atoms with E-state index in [0.717, 1.165) is 58.3 Å². The fourth-order valence-electron chi connectivity index (χ4n) is 4.25. The van der Waals surface area contributed by atoms with Gasteiger partial charge in [-0.2, -0.15) is 0 Å². The second-order valence-corrected chi connectivity index (χ2v) is 7.08. The maximum Gasteiger partial charge on any atom is 0.236 e. The van der Waals surface area contributed by atoms with Gasteiger partial charge in [-0.1, -0.05) is 0 Å². The number of hydrogen-bond acceptors (Lipinski definition) is 5. The van der Waals surface area contributed by atoms with Gasteiger partial charge < -0.3 is 24.8 Å². The highest BCUT2D eigenvalue weighted by atomic mass is 16.5. The third-order valence-electron chi connectivity index (χ3n) is 5.83. The van der Waals surface area contributed by atoms with Crippen LogP contribution in [0.4, 0.5) is 0 Å². The summed E-state index contributed by atoms with van der Waals surface area (Å²) in [6.45, 7) is 6.12. The van der Waals surface area contributed by atoms with Crippen molar-refractivity contribution in [1.29, 1.82) is 0 Å². The Bertz CT molecular complexity index is 401. The minimum absolute atomic E-state index is 0.113. The molecular weight excluding hydrogens is 296 g/mol. The lowest BCUT2D eigenvalue weighted by Gasteiger charge is -2.56. The summed E-state index contributed by atoms with van der Waals surface area (Å²) >= 11 is 0. The van der Waals surface area contributed by atoms with Crippen molar-refractivity contribution >= 4 is 5.91 Å². The van der Waals surface area contributed by atoms with Crippen LogP contribution in [0, 0.1) is 5.41 Å². The first-order valence-electron chi connectivity index (χ1n) is 9.05. The predicted molar refractivity (Wildman–Crippen MR) is 86.1 cm³/mol. The summed E-state index contributed by atoms with van der Waals surface area (Å²) in [6.07, 6.45) is 4.80. The Balaban J connectivity index is 1.40. The van der Waals surface area contributed by atoms with Crippen LogP contribution >= 0.6 is 0 Å². The maximum atomic E-state index is 12.3. The summed E-state index contributed by atoms with van der Waals surface area (Å²) in [6, 6.07) is 0. The number of amides is 1. The molecule has 23 heavy (non-hydrogen) atoms. The quantitative estimate of drug-likeness (QED) is 0.745. The lowest BCUT2D eigenvalue weighted by atomic mass is 9.58.